The number of hydrogen-bond acceptors (Lipinski definition) is 7. The van der Waals surface area contributed by atoms with Gasteiger partial charge in [-0.15, -0.1) is 0 Å². The van der Waals surface area contributed by atoms with Gasteiger partial charge in [-0.2, -0.15) is 4.98 Å². The lowest BCUT2D eigenvalue weighted by molar-refractivity contribution is -0.0447. The second kappa shape index (κ2) is 6.98. The Balaban J connectivity index is 1.59. The van der Waals surface area contributed by atoms with Crippen LogP contribution >= 0.6 is 0 Å². The van der Waals surface area contributed by atoms with Crippen molar-refractivity contribution in [2.75, 3.05) is 13.7 Å². The lowest BCUT2D eigenvalue weighted by Crippen LogP contribution is -2.39. The summed E-state index contributed by atoms with van der Waals surface area (Å²) in [6, 6.07) is 7.79. The first kappa shape index (κ1) is 19.6. The lowest BCUT2D eigenvalue weighted by atomic mass is 10.0. The van der Waals surface area contributed by atoms with Crippen LogP contribution in [0.5, 0.6) is 0 Å². The van der Waals surface area contributed by atoms with E-state index in [0.29, 0.717) is 29.5 Å². The SMILES string of the molecule is COC1(c2nc(-c3ncn4c3c(=O)n(C3(C)CCCO3)c3ccccc34)no2)CCCC1. The number of benzene rings is 1. The first-order chi connectivity index (χ1) is 15.6. The van der Waals surface area contributed by atoms with E-state index in [0.717, 1.165) is 49.6 Å². The molecule has 1 aromatic carbocycles. The number of fused-ring (bicyclic) bond motifs is 3. The summed E-state index contributed by atoms with van der Waals surface area (Å²) in [5.74, 6) is 0.739. The zero-order chi connectivity index (χ0) is 21.9. The number of methoxy groups -OCH3 is 1. The van der Waals surface area contributed by atoms with Crippen LogP contribution in [-0.4, -0.2) is 37.8 Å². The Labute approximate surface area is 184 Å². The molecule has 4 aromatic rings. The average Bonchev–Trinajstić information content (AvgIpc) is 3.59. The highest BCUT2D eigenvalue weighted by Gasteiger charge is 2.42. The van der Waals surface area contributed by atoms with Gasteiger partial charge in [-0.1, -0.05) is 17.3 Å². The van der Waals surface area contributed by atoms with Crippen LogP contribution in [0.2, 0.25) is 0 Å². The molecule has 1 aliphatic heterocycles. The minimum atomic E-state index is -0.716. The summed E-state index contributed by atoms with van der Waals surface area (Å²) in [4.78, 5) is 23.1. The molecule has 1 saturated carbocycles. The van der Waals surface area contributed by atoms with Crippen molar-refractivity contribution in [2.24, 2.45) is 0 Å². The third-order valence-electron chi connectivity index (χ3n) is 7.06. The molecule has 1 saturated heterocycles. The molecule has 9 nitrogen and oxygen atoms in total. The highest BCUT2D eigenvalue weighted by atomic mass is 16.5. The van der Waals surface area contributed by atoms with Gasteiger partial charge >= 0.3 is 0 Å². The number of hydrogen-bond donors (Lipinski definition) is 0. The number of imidazole rings is 1. The molecule has 32 heavy (non-hydrogen) atoms. The van der Waals surface area contributed by atoms with Gasteiger partial charge in [0, 0.05) is 13.7 Å². The van der Waals surface area contributed by atoms with E-state index >= 15 is 0 Å². The van der Waals surface area contributed by atoms with Crippen LogP contribution in [0.15, 0.2) is 39.9 Å². The predicted octanol–water partition coefficient (Wildman–Crippen LogP) is 3.60. The molecule has 0 radical (unpaired) electrons. The van der Waals surface area contributed by atoms with Gasteiger partial charge < -0.3 is 14.0 Å². The summed E-state index contributed by atoms with van der Waals surface area (Å²) in [6.45, 7) is 2.59. The van der Waals surface area contributed by atoms with Gasteiger partial charge in [-0.05, 0) is 57.6 Å². The smallest absolute Gasteiger partial charge is 0.280 e. The van der Waals surface area contributed by atoms with Crippen molar-refractivity contribution >= 4 is 16.6 Å². The Morgan fingerprint density at radius 2 is 1.88 bits per heavy atom. The summed E-state index contributed by atoms with van der Waals surface area (Å²) in [6.07, 6.45) is 7.09. The molecule has 1 atom stereocenters. The van der Waals surface area contributed by atoms with Crippen LogP contribution < -0.4 is 5.56 Å². The van der Waals surface area contributed by atoms with Gasteiger partial charge in [0.2, 0.25) is 5.82 Å². The highest BCUT2D eigenvalue weighted by molar-refractivity contribution is 5.83. The molecule has 9 heteroatoms. The molecule has 0 bridgehead atoms. The van der Waals surface area contributed by atoms with Crippen LogP contribution in [-0.2, 0) is 20.8 Å². The third-order valence-corrected chi connectivity index (χ3v) is 7.06. The van der Waals surface area contributed by atoms with Crippen LogP contribution in [0.25, 0.3) is 28.1 Å². The summed E-state index contributed by atoms with van der Waals surface area (Å²) < 4.78 is 21.0. The van der Waals surface area contributed by atoms with Crippen molar-refractivity contribution in [2.45, 2.75) is 56.8 Å². The summed E-state index contributed by atoms with van der Waals surface area (Å²) in [5, 5.41) is 4.19. The monoisotopic (exact) mass is 435 g/mol. The van der Waals surface area contributed by atoms with E-state index in [4.69, 9.17) is 14.0 Å². The molecule has 0 spiro atoms. The molecule has 4 heterocycles. The second-order valence-electron chi connectivity index (χ2n) is 8.90. The first-order valence-electron chi connectivity index (χ1n) is 11.1. The van der Waals surface area contributed by atoms with Crippen molar-refractivity contribution in [3.05, 3.63) is 46.8 Å². The molecule has 6 rings (SSSR count). The van der Waals surface area contributed by atoms with E-state index in [1.807, 2.05) is 31.2 Å². The third kappa shape index (κ3) is 2.64. The fourth-order valence-electron chi connectivity index (χ4n) is 5.34. The molecule has 0 amide bonds. The van der Waals surface area contributed by atoms with E-state index in [1.165, 1.54) is 0 Å². The Bertz CT molecular complexity index is 1370. The van der Waals surface area contributed by atoms with E-state index in [-0.39, 0.29) is 5.56 Å². The number of ether oxygens (including phenoxy) is 2. The Kier molecular flexibility index (Phi) is 4.28. The molecule has 0 N–H and O–H groups in total. The summed E-state index contributed by atoms with van der Waals surface area (Å²) in [7, 11) is 1.67. The van der Waals surface area contributed by atoms with Gasteiger partial charge in [-0.3, -0.25) is 13.8 Å². The van der Waals surface area contributed by atoms with Crippen LogP contribution in [0.3, 0.4) is 0 Å². The summed E-state index contributed by atoms with van der Waals surface area (Å²) in [5.41, 5.74) is 1.02. The van der Waals surface area contributed by atoms with Gasteiger partial charge in [0.1, 0.15) is 28.9 Å². The van der Waals surface area contributed by atoms with Gasteiger partial charge in [-0.25, -0.2) is 4.98 Å². The molecule has 2 aliphatic rings. The van der Waals surface area contributed by atoms with Gasteiger partial charge in [0.15, 0.2) is 0 Å². The Morgan fingerprint density at radius 3 is 2.59 bits per heavy atom. The zero-order valence-corrected chi connectivity index (χ0v) is 18.2. The van der Waals surface area contributed by atoms with Crippen molar-refractivity contribution in [1.29, 1.82) is 0 Å². The minimum Gasteiger partial charge on any atom is -0.368 e. The van der Waals surface area contributed by atoms with Crippen molar-refractivity contribution in [1.82, 2.24) is 24.1 Å². The fraction of sp³-hybridized carbons (Fsp3) is 0.478. The van der Waals surface area contributed by atoms with Crippen LogP contribution in [0.4, 0.5) is 0 Å². The molecule has 3 aromatic heterocycles. The quantitative estimate of drug-likeness (QED) is 0.483. The first-order valence-corrected chi connectivity index (χ1v) is 11.1. The summed E-state index contributed by atoms with van der Waals surface area (Å²) >= 11 is 0. The largest absolute Gasteiger partial charge is 0.368 e. The molecule has 1 aliphatic carbocycles. The van der Waals surface area contributed by atoms with Crippen LogP contribution in [0, 0.1) is 0 Å². The molecule has 166 valence electrons. The zero-order valence-electron chi connectivity index (χ0n) is 18.2. The van der Waals surface area contributed by atoms with Gasteiger partial charge in [0.05, 0.1) is 11.0 Å². The Hall–Kier alpha value is -3.04. The molecular weight excluding hydrogens is 410 g/mol. The molecular formula is C23H25N5O4. The van der Waals surface area contributed by atoms with E-state index in [9.17, 15) is 4.79 Å². The van der Waals surface area contributed by atoms with Crippen LogP contribution in [0.1, 0.15) is 51.3 Å². The van der Waals surface area contributed by atoms with Crippen molar-refractivity contribution in [3.63, 3.8) is 0 Å². The number of rotatable bonds is 4. The van der Waals surface area contributed by atoms with Crippen molar-refractivity contribution < 1.29 is 14.0 Å². The average molecular weight is 435 g/mol. The normalized spacial score (nSPS) is 22.9. The van der Waals surface area contributed by atoms with Gasteiger partial charge in [0.25, 0.3) is 11.4 Å². The fourth-order valence-corrected chi connectivity index (χ4v) is 5.34. The number of para-hydroxylation sites is 2. The van der Waals surface area contributed by atoms with E-state index < -0.39 is 11.3 Å². The topological polar surface area (TPSA) is 96.7 Å². The number of aromatic nitrogens is 5. The van der Waals surface area contributed by atoms with E-state index in [2.05, 4.69) is 15.1 Å². The molecule has 1 unspecified atom stereocenters. The molecule has 2 fully saturated rings. The maximum absolute atomic E-state index is 13.9. The lowest BCUT2D eigenvalue weighted by Gasteiger charge is -2.28. The predicted molar refractivity (Wildman–Crippen MR) is 116 cm³/mol. The maximum atomic E-state index is 13.9. The highest BCUT2D eigenvalue weighted by Crippen LogP contribution is 2.41. The Morgan fingerprint density at radius 1 is 1.09 bits per heavy atom. The number of nitrogens with zero attached hydrogens (tertiary/aromatic N) is 5. The van der Waals surface area contributed by atoms with E-state index in [1.54, 1.807) is 22.4 Å². The van der Waals surface area contributed by atoms with Crippen molar-refractivity contribution in [3.8, 4) is 11.5 Å². The maximum Gasteiger partial charge on any atom is 0.280 e. The standard InChI is InChI=1S/C23H25N5O4/c1-22(10-7-13-31-22)28-16-9-4-3-8-15(16)27-14-24-17(18(27)20(28)29)19-25-21(32-26-19)23(30-2)11-5-6-12-23/h3-4,8-9,14H,5-7,10-13H2,1-2H3. The minimum absolute atomic E-state index is 0.186. The second-order valence-corrected chi connectivity index (χ2v) is 8.90.